The van der Waals surface area contributed by atoms with Crippen molar-refractivity contribution in [3.8, 4) is 0 Å². The molecule has 1 aliphatic heterocycles. The average molecular weight is 457 g/mol. The van der Waals surface area contributed by atoms with Crippen molar-refractivity contribution >= 4 is 34.3 Å². The van der Waals surface area contributed by atoms with E-state index in [0.717, 1.165) is 18.5 Å². The number of carbonyl (C=O) groups is 2. The predicted molar refractivity (Wildman–Crippen MR) is 131 cm³/mol. The van der Waals surface area contributed by atoms with E-state index in [2.05, 4.69) is 41.6 Å². The van der Waals surface area contributed by atoms with Gasteiger partial charge >= 0.3 is 5.97 Å². The zero-order valence-electron chi connectivity index (χ0n) is 20.3. The number of methoxy groups -OCH3 is 1. The Kier molecular flexibility index (Phi) is 8.49. The molecule has 2 aromatic rings. The first-order valence-corrected chi connectivity index (χ1v) is 11.8. The van der Waals surface area contributed by atoms with Gasteiger partial charge in [-0.1, -0.05) is 39.8 Å². The van der Waals surface area contributed by atoms with Crippen LogP contribution in [-0.4, -0.2) is 47.8 Å². The minimum absolute atomic E-state index is 0.0112. The Morgan fingerprint density at radius 2 is 2.15 bits per heavy atom. The van der Waals surface area contributed by atoms with Gasteiger partial charge in [-0.3, -0.25) is 4.79 Å². The maximum Gasteiger partial charge on any atom is 0.356 e. The molecule has 3 heterocycles. The molecule has 0 aromatic carbocycles. The van der Waals surface area contributed by atoms with Crippen LogP contribution in [0.5, 0.6) is 0 Å². The number of esters is 1. The first-order chi connectivity index (χ1) is 15.8. The normalized spacial score (nSPS) is 17.1. The summed E-state index contributed by atoms with van der Waals surface area (Å²) in [6, 6.07) is 1.93. The van der Waals surface area contributed by atoms with Gasteiger partial charge in [0.25, 0.3) is 0 Å². The lowest BCUT2D eigenvalue weighted by Gasteiger charge is -2.15. The quantitative estimate of drug-likeness (QED) is 0.400. The van der Waals surface area contributed by atoms with E-state index in [4.69, 9.17) is 9.47 Å². The molecule has 2 N–H and O–H groups in total. The van der Waals surface area contributed by atoms with Gasteiger partial charge in [0.1, 0.15) is 5.65 Å². The smallest absolute Gasteiger partial charge is 0.356 e. The maximum absolute atomic E-state index is 12.9. The van der Waals surface area contributed by atoms with Crippen LogP contribution in [0, 0.1) is 11.8 Å². The van der Waals surface area contributed by atoms with E-state index in [1.165, 1.54) is 7.11 Å². The molecular weight excluding hydrogens is 420 g/mol. The van der Waals surface area contributed by atoms with Crippen molar-refractivity contribution in [3.05, 3.63) is 30.1 Å². The number of fused-ring (bicyclic) bond motifs is 1. The van der Waals surface area contributed by atoms with Gasteiger partial charge in [0.05, 0.1) is 37.3 Å². The van der Waals surface area contributed by atoms with Crippen molar-refractivity contribution in [1.82, 2.24) is 9.55 Å². The van der Waals surface area contributed by atoms with Crippen LogP contribution in [0.2, 0.25) is 0 Å². The molecule has 2 atom stereocenters. The fourth-order valence-corrected chi connectivity index (χ4v) is 3.88. The summed E-state index contributed by atoms with van der Waals surface area (Å²) in [7, 11) is 1.35. The lowest BCUT2D eigenvalue weighted by atomic mass is 10.1. The second kappa shape index (κ2) is 11.3. The maximum atomic E-state index is 12.9. The molecule has 8 nitrogen and oxygen atoms in total. The minimum Gasteiger partial charge on any atom is -0.464 e. The summed E-state index contributed by atoms with van der Waals surface area (Å²) in [4.78, 5) is 30.4. The average Bonchev–Trinajstić information content (AvgIpc) is 3.42. The molecule has 2 unspecified atom stereocenters. The first kappa shape index (κ1) is 24.8. The van der Waals surface area contributed by atoms with Crippen molar-refractivity contribution in [1.29, 1.82) is 0 Å². The van der Waals surface area contributed by atoms with Gasteiger partial charge in [-0.2, -0.15) is 0 Å². The number of nitrogens with one attached hydrogen (secondary N) is 2. The van der Waals surface area contributed by atoms with Crippen molar-refractivity contribution in [2.24, 2.45) is 11.8 Å². The number of carbonyl (C=O) groups excluding carboxylic acids is 2. The fourth-order valence-electron chi connectivity index (χ4n) is 3.88. The molecule has 0 bridgehead atoms. The SMILES string of the molecule is CCC(C)C(=O)Nc1c(C(=O)OC)n(CC2CCCO2)c2ncc(NC/C=C/C(C)C)cc12. The third-order valence-electron chi connectivity index (χ3n) is 5.94. The molecule has 0 radical (unpaired) electrons. The zero-order valence-corrected chi connectivity index (χ0v) is 20.3. The molecule has 8 heteroatoms. The van der Waals surface area contributed by atoms with Gasteiger partial charge in [-0.25, -0.2) is 9.78 Å². The Labute approximate surface area is 195 Å². The van der Waals surface area contributed by atoms with Crippen LogP contribution in [0.1, 0.15) is 57.4 Å². The lowest BCUT2D eigenvalue weighted by molar-refractivity contribution is -0.119. The number of anilines is 2. The summed E-state index contributed by atoms with van der Waals surface area (Å²) in [5.41, 5.74) is 2.16. The Bertz CT molecular complexity index is 1010. The Morgan fingerprint density at radius 1 is 1.36 bits per heavy atom. The molecule has 0 saturated carbocycles. The van der Waals surface area contributed by atoms with Gasteiger partial charge in [-0.15, -0.1) is 0 Å². The van der Waals surface area contributed by atoms with Crippen LogP contribution in [0.4, 0.5) is 11.4 Å². The van der Waals surface area contributed by atoms with E-state index in [-0.39, 0.29) is 17.9 Å². The van der Waals surface area contributed by atoms with Gasteiger partial charge in [-0.05, 0) is 31.2 Å². The Balaban J connectivity index is 2.07. The van der Waals surface area contributed by atoms with Crippen LogP contribution >= 0.6 is 0 Å². The molecule has 3 rings (SSSR count). The van der Waals surface area contributed by atoms with E-state index in [1.54, 1.807) is 6.20 Å². The van der Waals surface area contributed by atoms with Crippen LogP contribution in [0.3, 0.4) is 0 Å². The van der Waals surface area contributed by atoms with Gasteiger partial charge in [0, 0.05) is 24.5 Å². The van der Waals surface area contributed by atoms with Crippen molar-refractivity contribution < 1.29 is 19.1 Å². The van der Waals surface area contributed by atoms with Gasteiger partial charge < -0.3 is 24.7 Å². The van der Waals surface area contributed by atoms with Gasteiger partial charge in [0.2, 0.25) is 5.91 Å². The van der Waals surface area contributed by atoms with Crippen LogP contribution in [0.25, 0.3) is 11.0 Å². The van der Waals surface area contributed by atoms with Crippen LogP contribution < -0.4 is 10.6 Å². The second-order valence-electron chi connectivity index (χ2n) is 8.91. The molecule has 1 aliphatic rings. The number of amides is 1. The van der Waals surface area contributed by atoms with Crippen LogP contribution in [-0.2, 0) is 20.8 Å². The lowest BCUT2D eigenvalue weighted by Crippen LogP contribution is -2.23. The number of hydrogen-bond acceptors (Lipinski definition) is 6. The van der Waals surface area contributed by atoms with Crippen LogP contribution in [0.15, 0.2) is 24.4 Å². The topological polar surface area (TPSA) is 94.5 Å². The van der Waals surface area contributed by atoms with Crippen molar-refractivity contribution in [3.63, 3.8) is 0 Å². The highest BCUT2D eigenvalue weighted by Gasteiger charge is 2.29. The number of rotatable bonds is 10. The molecule has 0 aliphatic carbocycles. The molecule has 0 spiro atoms. The summed E-state index contributed by atoms with van der Waals surface area (Å²) >= 11 is 0. The highest BCUT2D eigenvalue weighted by molar-refractivity contribution is 6.11. The largest absolute Gasteiger partial charge is 0.464 e. The molecule has 33 heavy (non-hydrogen) atoms. The zero-order chi connectivity index (χ0) is 24.0. The minimum atomic E-state index is -0.514. The van der Waals surface area contributed by atoms with E-state index >= 15 is 0 Å². The Hall–Kier alpha value is -2.87. The fraction of sp³-hybridized carbons (Fsp3) is 0.560. The third-order valence-corrected chi connectivity index (χ3v) is 5.94. The molecule has 1 saturated heterocycles. The van der Waals surface area contributed by atoms with Crippen molar-refractivity contribution in [2.75, 3.05) is 30.9 Å². The monoisotopic (exact) mass is 456 g/mol. The van der Waals surface area contributed by atoms with Crippen molar-refractivity contribution in [2.45, 2.75) is 59.6 Å². The molecular formula is C25H36N4O4. The third kappa shape index (κ3) is 5.93. The number of hydrogen-bond donors (Lipinski definition) is 2. The summed E-state index contributed by atoms with van der Waals surface area (Å²) in [5.74, 6) is -0.372. The molecule has 1 amide bonds. The second-order valence-corrected chi connectivity index (χ2v) is 8.91. The van der Waals surface area contributed by atoms with Gasteiger partial charge in [0.15, 0.2) is 5.69 Å². The summed E-state index contributed by atoms with van der Waals surface area (Å²) in [6.45, 7) is 9.91. The summed E-state index contributed by atoms with van der Waals surface area (Å²) in [5, 5.41) is 7.03. The highest BCUT2D eigenvalue weighted by Crippen LogP contribution is 2.34. The number of nitrogens with zero attached hydrogens (tertiary/aromatic N) is 2. The molecule has 180 valence electrons. The molecule has 1 fully saturated rings. The summed E-state index contributed by atoms with van der Waals surface area (Å²) in [6.07, 6.45) is 8.53. The number of pyridine rings is 1. The van der Waals surface area contributed by atoms with E-state index < -0.39 is 5.97 Å². The van der Waals surface area contributed by atoms with E-state index in [9.17, 15) is 9.59 Å². The highest BCUT2D eigenvalue weighted by atomic mass is 16.5. The first-order valence-electron chi connectivity index (χ1n) is 11.8. The molecule has 2 aromatic heterocycles. The number of aromatic nitrogens is 2. The standard InChI is InChI=1S/C25H36N4O4/c1-6-17(4)24(30)28-21-20-13-18(26-11-7-9-16(2)3)14-27-23(20)29(22(21)25(31)32-5)15-19-10-8-12-33-19/h7,9,13-14,16-17,19,26H,6,8,10-12,15H2,1-5H3,(H,28,30)/b9-7+. The summed E-state index contributed by atoms with van der Waals surface area (Å²) < 4.78 is 12.8. The number of allylic oxidation sites excluding steroid dienone is 1. The Morgan fingerprint density at radius 3 is 2.79 bits per heavy atom. The van der Waals surface area contributed by atoms with E-state index in [0.29, 0.717) is 54.4 Å². The number of ether oxygens (including phenoxy) is 2. The predicted octanol–water partition coefficient (Wildman–Crippen LogP) is 4.61. The van der Waals surface area contributed by atoms with E-state index in [1.807, 2.05) is 24.5 Å².